The van der Waals surface area contributed by atoms with E-state index >= 15 is 0 Å². The number of aromatic nitrogens is 3. The summed E-state index contributed by atoms with van der Waals surface area (Å²) in [4.78, 5) is 28.3. The number of halogens is 2. The van der Waals surface area contributed by atoms with Gasteiger partial charge in [0.15, 0.2) is 11.6 Å². The van der Waals surface area contributed by atoms with Crippen LogP contribution >= 0.6 is 12.6 Å². The summed E-state index contributed by atoms with van der Waals surface area (Å²) in [5.74, 6) is -0.788. The van der Waals surface area contributed by atoms with Crippen LogP contribution in [0, 0.1) is 18.6 Å². The van der Waals surface area contributed by atoms with E-state index in [1.807, 2.05) is 32.1 Å². The van der Waals surface area contributed by atoms with Gasteiger partial charge >= 0.3 is 0 Å². The van der Waals surface area contributed by atoms with Crippen LogP contribution in [0.15, 0.2) is 41.6 Å². The van der Waals surface area contributed by atoms with Crippen molar-refractivity contribution in [3.05, 3.63) is 59.3 Å². The molecule has 1 aliphatic carbocycles. The number of amides is 1. The summed E-state index contributed by atoms with van der Waals surface area (Å²) in [6.07, 6.45) is 5.08. The summed E-state index contributed by atoms with van der Waals surface area (Å²) in [7, 11) is 3.90. The largest absolute Gasteiger partial charge is 0.362 e. The van der Waals surface area contributed by atoms with Crippen LogP contribution in [0.4, 0.5) is 20.5 Å². The number of carbonyl (C=O) groups is 1. The molecule has 0 unspecified atom stereocenters. The standard InChI is InChI=1S/C25H28F2N6OS/c1-14-13-28-25(32-23(14)33(2)3)30-17-7-5-16(6-8-17)29-24(34)18-9-11-21(35)31-22(18)15-4-10-19(26)20(27)12-15/h4,9-13,16-17H,5-8H2,1-3H3,(H,29,34)(H,31,35)(H,28,30,32)/t16-,17+. The Labute approximate surface area is 208 Å². The Hall–Kier alpha value is -3.27. The second-order valence-electron chi connectivity index (χ2n) is 8.96. The van der Waals surface area contributed by atoms with Crippen molar-refractivity contribution >= 4 is 30.3 Å². The van der Waals surface area contributed by atoms with E-state index in [-0.39, 0.29) is 23.7 Å². The summed E-state index contributed by atoms with van der Waals surface area (Å²) in [6, 6.07) is 6.86. The third-order valence-corrected chi connectivity index (χ3v) is 6.33. The first kappa shape index (κ1) is 24.8. The molecular formula is C25H28F2N6OS. The lowest BCUT2D eigenvalue weighted by atomic mass is 9.91. The summed E-state index contributed by atoms with van der Waals surface area (Å²) in [6.45, 7) is 1.98. The van der Waals surface area contributed by atoms with Crippen molar-refractivity contribution < 1.29 is 13.6 Å². The number of pyridine rings is 1. The number of carbonyl (C=O) groups excluding carboxylic acids is 1. The lowest BCUT2D eigenvalue weighted by molar-refractivity contribution is 0.0927. The molecule has 1 aliphatic rings. The lowest BCUT2D eigenvalue weighted by Crippen LogP contribution is -2.40. The average molecular weight is 499 g/mol. The second-order valence-corrected chi connectivity index (χ2v) is 9.41. The first-order valence-electron chi connectivity index (χ1n) is 11.4. The topological polar surface area (TPSA) is 83.0 Å². The first-order chi connectivity index (χ1) is 16.7. The maximum absolute atomic E-state index is 13.8. The number of rotatable bonds is 6. The molecule has 1 amide bonds. The zero-order valence-electron chi connectivity index (χ0n) is 19.8. The normalized spacial score (nSPS) is 17.7. The highest BCUT2D eigenvalue weighted by atomic mass is 32.1. The van der Waals surface area contributed by atoms with E-state index in [0.717, 1.165) is 49.2 Å². The number of thiol groups is 1. The Morgan fingerprint density at radius 3 is 2.43 bits per heavy atom. The smallest absolute Gasteiger partial charge is 0.253 e. The molecule has 184 valence electrons. The molecule has 10 heteroatoms. The predicted octanol–water partition coefficient (Wildman–Crippen LogP) is 4.63. The van der Waals surface area contributed by atoms with E-state index in [9.17, 15) is 13.6 Å². The molecule has 2 aromatic heterocycles. The van der Waals surface area contributed by atoms with Crippen molar-refractivity contribution in [3.63, 3.8) is 0 Å². The highest BCUT2D eigenvalue weighted by molar-refractivity contribution is 7.80. The molecule has 7 nitrogen and oxygen atoms in total. The molecule has 0 bridgehead atoms. The third-order valence-electron chi connectivity index (χ3n) is 6.08. The van der Waals surface area contributed by atoms with Crippen molar-refractivity contribution in [3.8, 4) is 11.3 Å². The molecule has 1 saturated carbocycles. The molecule has 0 spiro atoms. The fourth-order valence-electron chi connectivity index (χ4n) is 4.28. The third kappa shape index (κ3) is 5.87. The highest BCUT2D eigenvalue weighted by Gasteiger charge is 2.25. The minimum atomic E-state index is -0.999. The van der Waals surface area contributed by atoms with Crippen LogP contribution in [0.5, 0.6) is 0 Å². The summed E-state index contributed by atoms with van der Waals surface area (Å²) >= 11 is 4.24. The lowest BCUT2D eigenvalue weighted by Gasteiger charge is -2.30. The molecule has 1 fully saturated rings. The van der Waals surface area contributed by atoms with Crippen molar-refractivity contribution in [1.29, 1.82) is 0 Å². The molecule has 0 aliphatic heterocycles. The molecule has 1 aromatic carbocycles. The Kier molecular flexibility index (Phi) is 7.49. The van der Waals surface area contributed by atoms with Crippen LogP contribution in [0.1, 0.15) is 41.6 Å². The minimum absolute atomic E-state index is 0.00898. The molecular weight excluding hydrogens is 470 g/mol. The number of anilines is 2. The van der Waals surface area contributed by atoms with Gasteiger partial charge < -0.3 is 15.5 Å². The van der Waals surface area contributed by atoms with E-state index in [2.05, 4.69) is 38.2 Å². The molecule has 35 heavy (non-hydrogen) atoms. The van der Waals surface area contributed by atoms with Gasteiger partial charge in [0.05, 0.1) is 16.3 Å². The van der Waals surface area contributed by atoms with Gasteiger partial charge in [0.1, 0.15) is 5.82 Å². The molecule has 4 rings (SSSR count). The van der Waals surface area contributed by atoms with E-state index < -0.39 is 11.6 Å². The number of hydrogen-bond donors (Lipinski definition) is 3. The maximum Gasteiger partial charge on any atom is 0.253 e. The Morgan fingerprint density at radius 1 is 1.03 bits per heavy atom. The predicted molar refractivity (Wildman–Crippen MR) is 135 cm³/mol. The average Bonchev–Trinajstić information content (AvgIpc) is 2.83. The van der Waals surface area contributed by atoms with Gasteiger partial charge in [0, 0.05) is 43.5 Å². The van der Waals surface area contributed by atoms with Crippen LogP contribution in [0.25, 0.3) is 11.3 Å². The highest BCUT2D eigenvalue weighted by Crippen LogP contribution is 2.27. The Morgan fingerprint density at radius 2 is 1.74 bits per heavy atom. The van der Waals surface area contributed by atoms with Crippen LogP contribution < -0.4 is 15.5 Å². The van der Waals surface area contributed by atoms with E-state index in [4.69, 9.17) is 0 Å². The zero-order valence-corrected chi connectivity index (χ0v) is 20.7. The molecule has 2 N–H and O–H groups in total. The molecule has 0 atom stereocenters. The number of hydrogen-bond acceptors (Lipinski definition) is 7. The van der Waals surface area contributed by atoms with Crippen LogP contribution in [0.2, 0.25) is 0 Å². The van der Waals surface area contributed by atoms with Gasteiger partial charge in [0.2, 0.25) is 5.95 Å². The SMILES string of the molecule is Cc1cnc(N[C@H]2CC[C@@H](NC(=O)c3ccc(S)nc3-c3ccc(F)c(F)c3)CC2)nc1N(C)C. The van der Waals surface area contributed by atoms with Crippen LogP contribution in [-0.4, -0.2) is 47.0 Å². The van der Waals surface area contributed by atoms with Crippen LogP contribution in [-0.2, 0) is 0 Å². The van der Waals surface area contributed by atoms with Crippen molar-refractivity contribution in [2.45, 2.75) is 49.7 Å². The van der Waals surface area contributed by atoms with Gasteiger partial charge in [0.25, 0.3) is 5.91 Å². The molecule has 0 radical (unpaired) electrons. The molecule has 0 saturated heterocycles. The maximum atomic E-state index is 13.8. The van der Waals surface area contributed by atoms with Gasteiger partial charge in [-0.1, -0.05) is 0 Å². The van der Waals surface area contributed by atoms with Gasteiger partial charge in [-0.15, -0.1) is 12.6 Å². The minimum Gasteiger partial charge on any atom is -0.362 e. The first-order valence-corrected chi connectivity index (χ1v) is 11.9. The molecule has 2 heterocycles. The van der Waals surface area contributed by atoms with Gasteiger partial charge in [-0.25, -0.2) is 18.7 Å². The van der Waals surface area contributed by atoms with Crippen molar-refractivity contribution in [1.82, 2.24) is 20.3 Å². The number of aryl methyl sites for hydroxylation is 1. The second kappa shape index (κ2) is 10.6. The Bertz CT molecular complexity index is 1230. The quantitative estimate of drug-likeness (QED) is 0.430. The number of nitrogens with zero attached hydrogens (tertiary/aromatic N) is 4. The number of nitrogens with one attached hydrogen (secondary N) is 2. The van der Waals surface area contributed by atoms with Crippen molar-refractivity contribution in [2.75, 3.05) is 24.3 Å². The molecule has 3 aromatic rings. The summed E-state index contributed by atoms with van der Waals surface area (Å²) < 4.78 is 27.2. The van der Waals surface area contributed by atoms with E-state index in [0.29, 0.717) is 22.1 Å². The number of benzene rings is 1. The summed E-state index contributed by atoms with van der Waals surface area (Å²) in [5.41, 5.74) is 1.87. The van der Waals surface area contributed by atoms with Crippen LogP contribution in [0.3, 0.4) is 0 Å². The fourth-order valence-corrected chi connectivity index (χ4v) is 4.45. The van der Waals surface area contributed by atoms with Gasteiger partial charge in [-0.05, 0) is 62.9 Å². The summed E-state index contributed by atoms with van der Waals surface area (Å²) in [5, 5.41) is 6.86. The van der Waals surface area contributed by atoms with Gasteiger partial charge in [-0.2, -0.15) is 4.98 Å². The van der Waals surface area contributed by atoms with Crippen molar-refractivity contribution in [2.24, 2.45) is 0 Å². The monoisotopic (exact) mass is 498 g/mol. The Balaban J connectivity index is 1.40. The van der Waals surface area contributed by atoms with E-state index in [1.165, 1.54) is 6.07 Å². The fraction of sp³-hybridized carbons (Fsp3) is 0.360. The van der Waals surface area contributed by atoms with Gasteiger partial charge in [-0.3, -0.25) is 4.79 Å². The zero-order chi connectivity index (χ0) is 25.1. The van der Waals surface area contributed by atoms with E-state index in [1.54, 1.807) is 12.1 Å².